The molecule has 0 aromatic rings. The predicted molar refractivity (Wildman–Crippen MR) is 111 cm³/mol. The molecule has 0 aliphatic heterocycles. The van der Waals surface area contributed by atoms with Crippen LogP contribution in [0.1, 0.15) is 58.3 Å². The first-order valence-corrected chi connectivity index (χ1v) is 10.5. The zero-order chi connectivity index (χ0) is 22.7. The average molecular weight is 429 g/mol. The predicted octanol–water partition coefficient (Wildman–Crippen LogP) is -1.02. The fourth-order valence-corrected chi connectivity index (χ4v) is 3.54. The summed E-state index contributed by atoms with van der Waals surface area (Å²) < 4.78 is 0. The average Bonchev–Trinajstić information content (AvgIpc) is 2.69. The molecule has 0 saturated heterocycles. The minimum atomic E-state index is -1.21. The number of nitrogens with one attached hydrogen (secondary N) is 4. The summed E-state index contributed by atoms with van der Waals surface area (Å²) in [6.45, 7) is 1.67. The van der Waals surface area contributed by atoms with Crippen LogP contribution in [0.3, 0.4) is 0 Å². The molecule has 1 saturated carbocycles. The second kappa shape index (κ2) is 13.0. The van der Waals surface area contributed by atoms with Crippen LogP contribution in [0.2, 0.25) is 0 Å². The zero-order valence-corrected chi connectivity index (χ0v) is 17.5. The monoisotopic (exact) mass is 428 g/mol. The molecule has 0 aromatic heterocycles. The third kappa shape index (κ3) is 9.40. The molecule has 0 spiro atoms. The van der Waals surface area contributed by atoms with Gasteiger partial charge >= 0.3 is 5.97 Å². The van der Waals surface area contributed by atoms with E-state index in [0.29, 0.717) is 19.4 Å². The van der Waals surface area contributed by atoms with Crippen molar-refractivity contribution in [2.24, 2.45) is 17.4 Å². The lowest BCUT2D eigenvalue weighted by atomic mass is 9.84. The van der Waals surface area contributed by atoms with Crippen LogP contribution in [-0.4, -0.2) is 64.7 Å². The van der Waals surface area contributed by atoms with Gasteiger partial charge in [-0.3, -0.25) is 15.0 Å². The fraction of sp³-hybridized carbons (Fsp3) is 0.789. The molecule has 0 radical (unpaired) electrons. The molecule has 1 fully saturated rings. The maximum absolute atomic E-state index is 12.8. The number of amides is 2. The Morgan fingerprint density at radius 3 is 2.23 bits per heavy atom. The molecule has 1 aliphatic rings. The summed E-state index contributed by atoms with van der Waals surface area (Å²) in [6, 6.07) is -3.28. The molecule has 2 amide bonds. The van der Waals surface area contributed by atoms with Gasteiger partial charge in [0.1, 0.15) is 18.1 Å². The standard InChI is InChI=1S/C19H36N6O5/c1-11(26)15(20)17(28)24-13(8-5-9-23-19(21)22)16(27)25-14(18(29)30)10-12-6-3-2-4-7-12/h11-15,26H,2-10,20H2,1H3,(H,24,28)(H,25,27)(H,29,30)(H4,21,22,23)/t11-,13+,14+,15+/m1/s1. The van der Waals surface area contributed by atoms with Crippen LogP contribution in [0.5, 0.6) is 0 Å². The number of aliphatic hydroxyl groups excluding tert-OH is 1. The minimum Gasteiger partial charge on any atom is -0.480 e. The lowest BCUT2D eigenvalue weighted by molar-refractivity contribution is -0.143. The number of aliphatic hydroxyl groups is 1. The van der Waals surface area contributed by atoms with Crippen LogP contribution in [-0.2, 0) is 14.4 Å². The SMILES string of the molecule is C[C@@H](O)[C@H](N)C(=O)N[C@@H](CCCNC(=N)N)C(=O)N[C@@H](CC1CCCCC1)C(=O)O. The topological polar surface area (TPSA) is 204 Å². The van der Waals surface area contributed by atoms with Crippen molar-refractivity contribution in [3.05, 3.63) is 0 Å². The molecule has 0 aromatic carbocycles. The van der Waals surface area contributed by atoms with E-state index in [-0.39, 0.29) is 18.3 Å². The first kappa shape index (κ1) is 25.6. The Hall–Kier alpha value is -2.40. The van der Waals surface area contributed by atoms with Crippen LogP contribution < -0.4 is 27.4 Å². The summed E-state index contributed by atoms with van der Waals surface area (Å²) >= 11 is 0. The maximum Gasteiger partial charge on any atom is 0.326 e. The molecule has 0 bridgehead atoms. The van der Waals surface area contributed by atoms with Crippen molar-refractivity contribution in [1.29, 1.82) is 5.41 Å². The summed E-state index contributed by atoms with van der Waals surface area (Å²) in [6.07, 6.45) is 4.97. The second-order valence-corrected chi connectivity index (χ2v) is 7.95. The summed E-state index contributed by atoms with van der Waals surface area (Å²) in [5, 5.41) is 33.8. The normalized spacial score (nSPS) is 18.5. The molecule has 1 rings (SSSR count). The number of guanidine groups is 1. The number of carbonyl (C=O) groups excluding carboxylic acids is 2. The van der Waals surface area contributed by atoms with Gasteiger partial charge < -0.3 is 37.6 Å². The summed E-state index contributed by atoms with van der Waals surface area (Å²) in [7, 11) is 0. The number of rotatable bonds is 12. The van der Waals surface area contributed by atoms with E-state index in [9.17, 15) is 24.6 Å². The van der Waals surface area contributed by atoms with E-state index in [0.717, 1.165) is 32.1 Å². The first-order valence-electron chi connectivity index (χ1n) is 10.5. The Morgan fingerprint density at radius 2 is 1.70 bits per heavy atom. The van der Waals surface area contributed by atoms with Crippen molar-refractivity contribution < 1.29 is 24.6 Å². The van der Waals surface area contributed by atoms with Gasteiger partial charge in [-0.2, -0.15) is 0 Å². The number of carbonyl (C=O) groups is 3. The van der Waals surface area contributed by atoms with Crippen molar-refractivity contribution >= 4 is 23.7 Å². The summed E-state index contributed by atoms with van der Waals surface area (Å²) in [4.78, 5) is 36.7. The number of hydrogen-bond donors (Lipinski definition) is 8. The van der Waals surface area contributed by atoms with Gasteiger partial charge in [0.25, 0.3) is 0 Å². The van der Waals surface area contributed by atoms with Crippen molar-refractivity contribution in [3.63, 3.8) is 0 Å². The van der Waals surface area contributed by atoms with Gasteiger partial charge in [-0.15, -0.1) is 0 Å². The van der Waals surface area contributed by atoms with Gasteiger partial charge in [0.05, 0.1) is 6.10 Å². The third-order valence-corrected chi connectivity index (χ3v) is 5.35. The summed E-state index contributed by atoms with van der Waals surface area (Å²) in [5.74, 6) is -2.40. The summed E-state index contributed by atoms with van der Waals surface area (Å²) in [5.41, 5.74) is 10.9. The van der Waals surface area contributed by atoms with Gasteiger partial charge in [0.2, 0.25) is 11.8 Å². The van der Waals surface area contributed by atoms with E-state index in [2.05, 4.69) is 16.0 Å². The number of nitrogens with two attached hydrogens (primary N) is 2. The Kier molecular flexibility index (Phi) is 11.1. The Bertz CT molecular complexity index is 594. The molecule has 1 aliphatic carbocycles. The molecule has 10 N–H and O–H groups in total. The molecule has 11 heteroatoms. The third-order valence-electron chi connectivity index (χ3n) is 5.35. The van der Waals surface area contributed by atoms with Crippen molar-refractivity contribution in [1.82, 2.24) is 16.0 Å². The highest BCUT2D eigenvalue weighted by Crippen LogP contribution is 2.27. The van der Waals surface area contributed by atoms with E-state index in [1.807, 2.05) is 0 Å². The van der Waals surface area contributed by atoms with Gasteiger partial charge in [-0.05, 0) is 32.1 Å². The highest BCUT2D eigenvalue weighted by molar-refractivity contribution is 5.91. The molecule has 0 heterocycles. The smallest absolute Gasteiger partial charge is 0.326 e. The fourth-order valence-electron chi connectivity index (χ4n) is 3.54. The van der Waals surface area contributed by atoms with Crippen LogP contribution in [0.25, 0.3) is 0 Å². The number of carboxylic acid groups (broad SMARTS) is 1. The highest BCUT2D eigenvalue weighted by Gasteiger charge is 2.30. The first-order chi connectivity index (χ1) is 14.1. The minimum absolute atomic E-state index is 0.181. The maximum atomic E-state index is 12.8. The van der Waals surface area contributed by atoms with E-state index >= 15 is 0 Å². The van der Waals surface area contributed by atoms with Gasteiger partial charge in [0.15, 0.2) is 5.96 Å². The lowest BCUT2D eigenvalue weighted by Crippen LogP contribution is -2.56. The Balaban J connectivity index is 2.76. The van der Waals surface area contributed by atoms with Crippen molar-refractivity contribution in [3.8, 4) is 0 Å². The zero-order valence-electron chi connectivity index (χ0n) is 17.5. The van der Waals surface area contributed by atoms with E-state index in [4.69, 9.17) is 16.9 Å². The van der Waals surface area contributed by atoms with Crippen LogP contribution >= 0.6 is 0 Å². The second-order valence-electron chi connectivity index (χ2n) is 7.95. The van der Waals surface area contributed by atoms with E-state index in [1.54, 1.807) is 0 Å². The quantitative estimate of drug-likeness (QED) is 0.109. The van der Waals surface area contributed by atoms with E-state index in [1.165, 1.54) is 6.92 Å². The van der Waals surface area contributed by atoms with Gasteiger partial charge in [0, 0.05) is 6.54 Å². The van der Waals surface area contributed by atoms with Gasteiger partial charge in [-0.25, -0.2) is 4.79 Å². The number of carboxylic acids is 1. The molecule has 0 unspecified atom stereocenters. The Morgan fingerprint density at radius 1 is 1.10 bits per heavy atom. The Labute approximate surface area is 176 Å². The van der Waals surface area contributed by atoms with Crippen LogP contribution in [0.4, 0.5) is 0 Å². The highest BCUT2D eigenvalue weighted by atomic mass is 16.4. The molecule has 4 atom stereocenters. The van der Waals surface area contributed by atoms with E-state index < -0.39 is 42.0 Å². The number of aliphatic carboxylic acids is 1. The van der Waals surface area contributed by atoms with Crippen molar-refractivity contribution in [2.75, 3.05) is 6.54 Å². The molecular formula is C19H36N6O5. The molecule has 11 nitrogen and oxygen atoms in total. The lowest BCUT2D eigenvalue weighted by Gasteiger charge is -2.27. The van der Waals surface area contributed by atoms with Gasteiger partial charge in [-0.1, -0.05) is 32.1 Å². The van der Waals surface area contributed by atoms with Crippen molar-refractivity contribution in [2.45, 2.75) is 82.5 Å². The largest absolute Gasteiger partial charge is 0.480 e. The van der Waals surface area contributed by atoms with Crippen LogP contribution in [0.15, 0.2) is 0 Å². The molecule has 30 heavy (non-hydrogen) atoms. The number of hydrogen-bond acceptors (Lipinski definition) is 6. The van der Waals surface area contributed by atoms with Crippen LogP contribution in [0, 0.1) is 11.3 Å². The molecular weight excluding hydrogens is 392 g/mol. The molecule has 172 valence electrons.